The fourth-order valence-corrected chi connectivity index (χ4v) is 2.57. The van der Waals surface area contributed by atoms with Gasteiger partial charge < -0.3 is 4.90 Å². The maximum Gasteiger partial charge on any atom is 0.274 e. The molecule has 1 fully saturated rings. The van der Waals surface area contributed by atoms with E-state index in [0.29, 0.717) is 5.69 Å². The third kappa shape index (κ3) is 2.23. The van der Waals surface area contributed by atoms with Crippen LogP contribution in [0.1, 0.15) is 35.1 Å². The fraction of sp³-hybridized carbons (Fsp3) is 0.357. The minimum absolute atomic E-state index is 0.00578. The van der Waals surface area contributed by atoms with Crippen LogP contribution >= 0.6 is 0 Å². The first-order valence-corrected chi connectivity index (χ1v) is 6.47. The largest absolute Gasteiger partial charge is 0.329 e. The Bertz CT molecular complexity index is 578. The Morgan fingerprint density at radius 3 is 2.95 bits per heavy atom. The van der Waals surface area contributed by atoms with E-state index < -0.39 is 0 Å². The van der Waals surface area contributed by atoms with E-state index >= 15 is 0 Å². The normalized spacial score (nSPS) is 18.8. The lowest BCUT2D eigenvalue weighted by Crippen LogP contribution is -2.31. The van der Waals surface area contributed by atoms with Gasteiger partial charge in [0.05, 0.1) is 11.7 Å². The molecule has 1 unspecified atom stereocenters. The molecule has 5 nitrogen and oxygen atoms in total. The first-order chi connectivity index (χ1) is 9.25. The van der Waals surface area contributed by atoms with Crippen molar-refractivity contribution in [2.45, 2.75) is 18.9 Å². The first kappa shape index (κ1) is 11.9. The number of hydrogen-bond donors (Lipinski definition) is 0. The van der Waals surface area contributed by atoms with Gasteiger partial charge in [-0.1, -0.05) is 6.07 Å². The highest BCUT2D eigenvalue weighted by atomic mass is 16.2. The predicted octanol–water partition coefficient (Wildman–Crippen LogP) is 1.79. The van der Waals surface area contributed by atoms with Crippen LogP contribution in [0.15, 0.2) is 36.7 Å². The molecule has 3 rings (SSSR count). The van der Waals surface area contributed by atoms with E-state index in [1.54, 1.807) is 23.1 Å². The van der Waals surface area contributed by atoms with Crippen LogP contribution in [0, 0.1) is 0 Å². The molecule has 1 atom stereocenters. The molecule has 2 aromatic rings. The van der Waals surface area contributed by atoms with Crippen LogP contribution < -0.4 is 0 Å². The SMILES string of the molecule is Cn1ccc(C(=O)N2CCCC2c2ccccn2)n1. The monoisotopic (exact) mass is 256 g/mol. The summed E-state index contributed by atoms with van der Waals surface area (Å²) in [5, 5.41) is 4.19. The van der Waals surface area contributed by atoms with Crippen LogP contribution in [-0.4, -0.2) is 32.1 Å². The van der Waals surface area contributed by atoms with Gasteiger partial charge in [0.15, 0.2) is 0 Å². The molecule has 19 heavy (non-hydrogen) atoms. The summed E-state index contributed by atoms with van der Waals surface area (Å²) < 4.78 is 1.65. The third-order valence-electron chi connectivity index (χ3n) is 3.48. The molecule has 5 heteroatoms. The van der Waals surface area contributed by atoms with Gasteiger partial charge in [-0.15, -0.1) is 0 Å². The number of pyridine rings is 1. The summed E-state index contributed by atoms with van der Waals surface area (Å²) in [7, 11) is 1.82. The highest BCUT2D eigenvalue weighted by molar-refractivity contribution is 5.92. The third-order valence-corrected chi connectivity index (χ3v) is 3.48. The molecule has 1 aliphatic heterocycles. The Kier molecular flexibility index (Phi) is 3.03. The van der Waals surface area contributed by atoms with Gasteiger partial charge in [-0.3, -0.25) is 14.5 Å². The molecule has 98 valence electrons. The number of hydrogen-bond acceptors (Lipinski definition) is 3. The number of rotatable bonds is 2. The minimum atomic E-state index is -0.00578. The molecule has 2 aromatic heterocycles. The number of amides is 1. The van der Waals surface area contributed by atoms with Crippen molar-refractivity contribution in [3.8, 4) is 0 Å². The van der Waals surface area contributed by atoms with Gasteiger partial charge >= 0.3 is 0 Å². The van der Waals surface area contributed by atoms with Crippen molar-refractivity contribution < 1.29 is 4.79 Å². The molecule has 0 spiro atoms. The van der Waals surface area contributed by atoms with Crippen LogP contribution in [0.25, 0.3) is 0 Å². The van der Waals surface area contributed by atoms with Gasteiger partial charge in [0.25, 0.3) is 5.91 Å². The average Bonchev–Trinajstić information content (AvgIpc) is 3.07. The Morgan fingerprint density at radius 2 is 2.26 bits per heavy atom. The van der Waals surface area contributed by atoms with Crippen molar-refractivity contribution in [3.05, 3.63) is 48.0 Å². The van der Waals surface area contributed by atoms with E-state index in [9.17, 15) is 4.79 Å². The van der Waals surface area contributed by atoms with Crippen LogP contribution in [0.3, 0.4) is 0 Å². The molecule has 0 saturated carbocycles. The van der Waals surface area contributed by atoms with Crippen LogP contribution in [0.2, 0.25) is 0 Å². The van der Waals surface area contributed by atoms with Crippen LogP contribution in [0.4, 0.5) is 0 Å². The summed E-state index contributed by atoms with van der Waals surface area (Å²) >= 11 is 0. The van der Waals surface area contributed by atoms with Gasteiger partial charge in [0.1, 0.15) is 5.69 Å². The van der Waals surface area contributed by atoms with Crippen molar-refractivity contribution in [2.24, 2.45) is 7.05 Å². The molecular formula is C14H16N4O. The number of likely N-dealkylation sites (tertiary alicyclic amines) is 1. The Balaban J connectivity index is 1.86. The number of nitrogens with zero attached hydrogens (tertiary/aromatic N) is 4. The Hall–Kier alpha value is -2.17. The Morgan fingerprint density at radius 1 is 1.37 bits per heavy atom. The topological polar surface area (TPSA) is 51.0 Å². The van der Waals surface area contributed by atoms with Crippen molar-refractivity contribution in [1.82, 2.24) is 19.7 Å². The van der Waals surface area contributed by atoms with E-state index in [1.807, 2.05) is 30.1 Å². The fourth-order valence-electron chi connectivity index (χ4n) is 2.57. The molecule has 1 amide bonds. The standard InChI is InChI=1S/C14H16N4O/c1-17-10-7-12(16-17)14(19)18-9-4-6-13(18)11-5-2-3-8-15-11/h2-3,5,7-8,10,13H,4,6,9H2,1H3. The molecule has 1 aliphatic rings. The lowest BCUT2D eigenvalue weighted by molar-refractivity contribution is 0.0726. The van der Waals surface area contributed by atoms with Crippen molar-refractivity contribution in [1.29, 1.82) is 0 Å². The van der Waals surface area contributed by atoms with Gasteiger partial charge in [0.2, 0.25) is 0 Å². The molecule has 0 bridgehead atoms. The minimum Gasteiger partial charge on any atom is -0.329 e. The second-order valence-corrected chi connectivity index (χ2v) is 4.79. The van der Waals surface area contributed by atoms with E-state index in [1.165, 1.54) is 0 Å². The quantitative estimate of drug-likeness (QED) is 0.823. The maximum atomic E-state index is 12.5. The second kappa shape index (κ2) is 4.84. The Labute approximate surface area is 111 Å². The van der Waals surface area contributed by atoms with Gasteiger partial charge in [-0.05, 0) is 31.0 Å². The van der Waals surface area contributed by atoms with Crippen molar-refractivity contribution in [3.63, 3.8) is 0 Å². The molecule has 0 N–H and O–H groups in total. The summed E-state index contributed by atoms with van der Waals surface area (Å²) in [6.45, 7) is 0.774. The number of carbonyl (C=O) groups is 1. The lowest BCUT2D eigenvalue weighted by atomic mass is 10.1. The summed E-state index contributed by atoms with van der Waals surface area (Å²) in [5.41, 5.74) is 1.47. The molecule has 3 heterocycles. The van der Waals surface area contributed by atoms with E-state index in [-0.39, 0.29) is 11.9 Å². The van der Waals surface area contributed by atoms with E-state index in [2.05, 4.69) is 10.1 Å². The number of aryl methyl sites for hydroxylation is 1. The molecule has 0 radical (unpaired) electrons. The summed E-state index contributed by atoms with van der Waals surface area (Å²) in [6, 6.07) is 7.67. The average molecular weight is 256 g/mol. The lowest BCUT2D eigenvalue weighted by Gasteiger charge is -2.23. The smallest absolute Gasteiger partial charge is 0.274 e. The van der Waals surface area contributed by atoms with Crippen LogP contribution in [0.5, 0.6) is 0 Å². The molecule has 1 saturated heterocycles. The number of aromatic nitrogens is 3. The van der Waals surface area contributed by atoms with E-state index in [0.717, 1.165) is 25.1 Å². The van der Waals surface area contributed by atoms with E-state index in [4.69, 9.17) is 0 Å². The zero-order valence-electron chi connectivity index (χ0n) is 10.9. The zero-order chi connectivity index (χ0) is 13.2. The first-order valence-electron chi connectivity index (χ1n) is 6.47. The molecule has 0 aliphatic carbocycles. The molecule has 0 aromatic carbocycles. The number of carbonyl (C=O) groups excluding carboxylic acids is 1. The highest BCUT2D eigenvalue weighted by Crippen LogP contribution is 2.31. The van der Waals surface area contributed by atoms with Crippen LogP contribution in [-0.2, 0) is 7.05 Å². The maximum absolute atomic E-state index is 12.5. The summed E-state index contributed by atoms with van der Waals surface area (Å²) in [5.74, 6) is -0.00578. The highest BCUT2D eigenvalue weighted by Gasteiger charge is 2.32. The van der Waals surface area contributed by atoms with Gasteiger partial charge in [-0.2, -0.15) is 5.10 Å². The summed E-state index contributed by atoms with van der Waals surface area (Å²) in [6.07, 6.45) is 5.55. The van der Waals surface area contributed by atoms with Gasteiger partial charge in [-0.25, -0.2) is 0 Å². The van der Waals surface area contributed by atoms with Crippen molar-refractivity contribution >= 4 is 5.91 Å². The molecular weight excluding hydrogens is 240 g/mol. The van der Waals surface area contributed by atoms with Gasteiger partial charge in [0, 0.05) is 26.0 Å². The summed E-state index contributed by atoms with van der Waals surface area (Å²) in [4.78, 5) is 18.7. The van der Waals surface area contributed by atoms with Crippen molar-refractivity contribution in [2.75, 3.05) is 6.54 Å². The second-order valence-electron chi connectivity index (χ2n) is 4.79. The predicted molar refractivity (Wildman–Crippen MR) is 70.5 cm³/mol. The zero-order valence-corrected chi connectivity index (χ0v) is 10.9.